The summed E-state index contributed by atoms with van der Waals surface area (Å²) in [5, 5.41) is 4.24. The molecule has 2 aliphatic carbocycles. The summed E-state index contributed by atoms with van der Waals surface area (Å²) in [5.74, 6) is 17.1. The second-order valence-electron chi connectivity index (χ2n) is 40.4. The van der Waals surface area contributed by atoms with Crippen molar-refractivity contribution in [2.75, 3.05) is 73.7 Å². The molecule has 141 heavy (non-hydrogen) atoms. The lowest BCUT2D eigenvalue weighted by atomic mass is 9.91. The Labute approximate surface area is 876 Å². The summed E-state index contributed by atoms with van der Waals surface area (Å²) in [6, 6.07) is 66.0. The standard InChI is InChI=1S/C16H24O.C15H19NO.C15H22O.C14H21ClO.C14H19NO.2C13H20O2.C12H17BrO.C12H16Cl2O/c1-13(2)7-6-12-17-16-11-5-9-14-8-3-4-10-15(14)16;1-12(2)5-4-10-17-14-7-8-15-13(11-14)6-3-9-16-15;1-12(2)5-4-10-16-15-9-8-13-6-3-7-14(13)11-15;1-4-12-10-13(7-8-14(12)15)16-9-5-6-11(2)3;1-11(2)5-4-10-16-14-7-3-6-13-12(14)8-9-15-13;1-11(2)6-5-9-15-13-8-4-7-12(10-13)14-3;1-11(2)5-4-10-15-13-8-6-12(14-3)7-9-13;1-10(2)6-5-9-14-12-8-4-3-7-11(12)13;1-9(2)4-3-7-15-10-5-6-11(13)12(14)8-10/h5,9,11,13H,3-4,6-8,10,12H2,1-2H3;3,6-9,11-12H,4-5,10H2,1-2H3;8-9,11-12H,3-7,10H2,1-2H3;7-8,10-11H,4-6,9H2,1-3H3;3,6-9,11,15H,4-5,10H2,1-2H3;4,7-8,10-11H,5-6,9H2,1-3H3;6-9,11H,4-5,10H2,1-3H3;3-4,7-8,10H,5-6,9H2,1-2H3;5-6,8-9H,3-4,7H2,1-2H3. The van der Waals surface area contributed by atoms with Crippen molar-refractivity contribution in [3.63, 3.8) is 0 Å². The highest BCUT2D eigenvalue weighted by Gasteiger charge is 2.16. The molecular weight excluding hydrogens is 1880 g/mol. The first-order valence-electron chi connectivity index (χ1n) is 53.0. The number of benzene rings is 9. The van der Waals surface area contributed by atoms with E-state index in [-0.39, 0.29) is 0 Å². The number of hydrogen-bond donors (Lipinski definition) is 1. The first kappa shape index (κ1) is 123. The van der Waals surface area contributed by atoms with E-state index in [1.165, 1.54) is 137 Å². The van der Waals surface area contributed by atoms with Crippen molar-refractivity contribution in [3.05, 3.63) is 260 Å². The fourth-order valence-electron chi connectivity index (χ4n) is 15.4. The molecule has 0 saturated carbocycles. The number of aromatic nitrogens is 2. The molecule has 0 bridgehead atoms. The zero-order chi connectivity index (χ0) is 103. The summed E-state index contributed by atoms with van der Waals surface area (Å²) in [4.78, 5) is 7.47. The average Bonchev–Trinajstić information content (AvgIpc) is 1.71. The van der Waals surface area contributed by atoms with E-state index in [1.807, 2.05) is 140 Å². The molecule has 2 heterocycles. The number of ether oxygens (including phenoxy) is 11. The van der Waals surface area contributed by atoms with E-state index in [4.69, 9.17) is 86.9 Å². The molecule has 2 aromatic heterocycles. The summed E-state index contributed by atoms with van der Waals surface area (Å²) in [6.07, 6.45) is 34.7. The average molecular weight is 2060 g/mol. The van der Waals surface area contributed by atoms with Crippen LogP contribution < -0.4 is 52.1 Å². The maximum Gasteiger partial charge on any atom is 0.133 e. The number of aryl methyl sites for hydroxylation is 4. The van der Waals surface area contributed by atoms with Gasteiger partial charge in [0, 0.05) is 45.8 Å². The van der Waals surface area contributed by atoms with Gasteiger partial charge in [-0.25, -0.2) is 0 Å². The lowest BCUT2D eigenvalue weighted by Crippen LogP contribution is -2.07. The SMILES string of the molecule is CC(C)CCCOc1ccc(Cl)c(Cl)c1.CC(C)CCCOc1ccc2c(c1)CCC2.CC(C)CCCOc1ccc2ncccc2c1.CC(C)CCCOc1cccc2[nH]ccc12.CC(C)CCCOc1cccc2c1CCCC2.CC(C)CCCOc1ccccc1Br.CCc1cc(OCCCC(C)C)ccc1Cl.COc1ccc(OCCCC(C)C)cc1.COc1cccc(OCCCC(C)C)c1. The molecule has 2 aliphatic rings. The lowest BCUT2D eigenvalue weighted by molar-refractivity contribution is 0.293. The minimum absolute atomic E-state index is 0.540. The Morgan fingerprint density at radius 3 is 1.21 bits per heavy atom. The number of halogens is 4. The number of pyridine rings is 1. The molecule has 1 N–H and O–H groups in total. The van der Waals surface area contributed by atoms with Gasteiger partial charge in [0.1, 0.15) is 63.2 Å². The number of rotatable bonds is 48. The van der Waals surface area contributed by atoms with E-state index >= 15 is 0 Å². The molecule has 0 unspecified atom stereocenters. The van der Waals surface area contributed by atoms with Crippen molar-refractivity contribution in [2.24, 2.45) is 53.3 Å². The van der Waals surface area contributed by atoms with Crippen molar-refractivity contribution >= 4 is 72.5 Å². The third-order valence-electron chi connectivity index (χ3n) is 23.5. The van der Waals surface area contributed by atoms with E-state index in [2.05, 4.69) is 218 Å². The molecule has 9 aromatic carbocycles. The summed E-state index contributed by atoms with van der Waals surface area (Å²) < 4.78 is 62.6. The molecule has 778 valence electrons. The van der Waals surface area contributed by atoms with Crippen LogP contribution in [0.2, 0.25) is 15.1 Å². The summed E-state index contributed by atoms with van der Waals surface area (Å²) in [6.45, 7) is 49.6. The Balaban J connectivity index is 0.000000280. The molecule has 0 saturated heterocycles. The van der Waals surface area contributed by atoms with Gasteiger partial charge in [-0.15, -0.1) is 0 Å². The molecular formula is C124H178BrCl3N2O11. The van der Waals surface area contributed by atoms with Gasteiger partial charge in [-0.05, 0) is 403 Å². The van der Waals surface area contributed by atoms with E-state index in [0.717, 1.165) is 265 Å². The van der Waals surface area contributed by atoms with Gasteiger partial charge in [-0.2, -0.15) is 0 Å². The van der Waals surface area contributed by atoms with Crippen LogP contribution in [0.5, 0.6) is 63.2 Å². The van der Waals surface area contributed by atoms with Gasteiger partial charge in [-0.1, -0.05) is 215 Å². The Kier molecular flexibility index (Phi) is 64.4. The summed E-state index contributed by atoms with van der Waals surface area (Å²) in [5.41, 5.74) is 9.32. The largest absolute Gasteiger partial charge is 0.497 e. The van der Waals surface area contributed by atoms with E-state index < -0.39 is 0 Å². The number of nitrogens with one attached hydrogen (secondary N) is 1. The number of aromatic amines is 1. The Hall–Kier alpha value is -8.92. The number of para-hydroxylation sites is 1. The Morgan fingerprint density at radius 1 is 0.305 bits per heavy atom. The minimum atomic E-state index is 0.540. The third kappa shape index (κ3) is 56.2. The van der Waals surface area contributed by atoms with Crippen LogP contribution in [0.3, 0.4) is 0 Å². The first-order chi connectivity index (χ1) is 67.9. The van der Waals surface area contributed by atoms with Gasteiger partial charge in [0.2, 0.25) is 0 Å². The number of hydrogen-bond acceptors (Lipinski definition) is 12. The highest BCUT2D eigenvalue weighted by molar-refractivity contribution is 9.10. The summed E-state index contributed by atoms with van der Waals surface area (Å²) in [7, 11) is 3.33. The number of nitrogens with zero attached hydrogens (tertiary/aromatic N) is 1. The molecule has 0 fully saturated rings. The normalized spacial score (nSPS) is 11.6. The maximum atomic E-state index is 6.04. The molecule has 0 radical (unpaired) electrons. The van der Waals surface area contributed by atoms with Crippen LogP contribution >= 0.6 is 50.7 Å². The fraction of sp³-hybridized carbons (Fsp3) is 0.524. The molecule has 0 spiro atoms. The zero-order valence-corrected chi connectivity index (χ0v) is 94.0. The van der Waals surface area contributed by atoms with Crippen LogP contribution in [0.25, 0.3) is 21.8 Å². The van der Waals surface area contributed by atoms with Crippen LogP contribution in [-0.2, 0) is 32.1 Å². The summed E-state index contributed by atoms with van der Waals surface area (Å²) >= 11 is 21.2. The topological polar surface area (TPSA) is 130 Å². The minimum Gasteiger partial charge on any atom is -0.497 e. The van der Waals surface area contributed by atoms with Crippen molar-refractivity contribution in [1.29, 1.82) is 0 Å². The lowest BCUT2D eigenvalue weighted by Gasteiger charge is -2.19. The number of H-pyrrole nitrogens is 1. The molecule has 0 aliphatic heterocycles. The Morgan fingerprint density at radius 2 is 0.695 bits per heavy atom. The van der Waals surface area contributed by atoms with Crippen LogP contribution in [0.4, 0.5) is 0 Å². The highest BCUT2D eigenvalue weighted by atomic mass is 79.9. The van der Waals surface area contributed by atoms with Crippen LogP contribution in [0, 0.1) is 53.3 Å². The molecule has 13 rings (SSSR count). The molecule has 0 amide bonds. The molecule has 0 atom stereocenters. The quantitative estimate of drug-likeness (QED) is 0.0364. The first-order valence-corrected chi connectivity index (χ1v) is 54.9. The highest BCUT2D eigenvalue weighted by Crippen LogP contribution is 2.34. The van der Waals surface area contributed by atoms with Crippen molar-refractivity contribution < 1.29 is 52.1 Å². The second kappa shape index (κ2) is 74.0. The maximum absolute atomic E-state index is 6.04. The van der Waals surface area contributed by atoms with Gasteiger partial charge in [0.25, 0.3) is 0 Å². The zero-order valence-electron chi connectivity index (χ0n) is 90.1. The third-order valence-corrected chi connectivity index (χ3v) is 25.3. The van der Waals surface area contributed by atoms with Gasteiger partial charge < -0.3 is 57.1 Å². The predicted octanol–water partition coefficient (Wildman–Crippen LogP) is 37.2. The van der Waals surface area contributed by atoms with Crippen molar-refractivity contribution in [2.45, 2.75) is 298 Å². The van der Waals surface area contributed by atoms with E-state index in [1.54, 1.807) is 26.4 Å². The van der Waals surface area contributed by atoms with Crippen LogP contribution in [-0.4, -0.2) is 83.6 Å². The van der Waals surface area contributed by atoms with Crippen molar-refractivity contribution in [3.8, 4) is 63.2 Å². The van der Waals surface area contributed by atoms with Crippen molar-refractivity contribution in [1.82, 2.24) is 9.97 Å². The molecule has 13 nitrogen and oxygen atoms in total. The monoisotopic (exact) mass is 2060 g/mol. The van der Waals surface area contributed by atoms with Gasteiger partial charge in [0.15, 0.2) is 0 Å². The van der Waals surface area contributed by atoms with Gasteiger partial charge in [-0.3, -0.25) is 4.98 Å². The van der Waals surface area contributed by atoms with E-state index in [0.29, 0.717) is 10.0 Å². The van der Waals surface area contributed by atoms with Crippen LogP contribution in [0.1, 0.15) is 294 Å². The predicted molar refractivity (Wildman–Crippen MR) is 605 cm³/mol. The Bertz CT molecular complexity index is 5030. The smallest absolute Gasteiger partial charge is 0.133 e. The molecule has 11 aromatic rings. The fourth-order valence-corrected chi connectivity index (χ4v) is 16.3. The second-order valence-corrected chi connectivity index (χ2v) is 42.4. The molecule has 17 heteroatoms. The van der Waals surface area contributed by atoms with E-state index in [9.17, 15) is 0 Å². The van der Waals surface area contributed by atoms with Gasteiger partial charge >= 0.3 is 0 Å². The van der Waals surface area contributed by atoms with Gasteiger partial charge in [0.05, 0.1) is 93.7 Å². The number of methoxy groups -OCH3 is 2. The van der Waals surface area contributed by atoms with Crippen LogP contribution in [0.15, 0.2) is 217 Å². The number of fused-ring (bicyclic) bond motifs is 4.